The minimum atomic E-state index is 0.0524. The molecule has 0 aliphatic carbocycles. The first-order valence-electron chi connectivity index (χ1n) is 8.73. The molecule has 0 spiro atoms. The van der Waals surface area contributed by atoms with E-state index in [1.54, 1.807) is 16.2 Å². The Balaban J connectivity index is 1.37. The van der Waals surface area contributed by atoms with E-state index >= 15 is 0 Å². The van der Waals surface area contributed by atoms with Gasteiger partial charge < -0.3 is 15.1 Å². The number of carbonyl (C=O) groups is 1. The number of hydrogen-bond acceptors (Lipinski definition) is 3. The molecular formula is C18H27N3OS2+2. The molecule has 0 bridgehead atoms. The lowest BCUT2D eigenvalue weighted by atomic mass is 10.2. The molecule has 1 saturated heterocycles. The molecule has 130 valence electrons. The van der Waals surface area contributed by atoms with Gasteiger partial charge in [-0.3, -0.25) is 4.79 Å². The molecule has 2 aromatic rings. The standard InChI is InChI=1S/C18H25N3OS2/c1-15(18(22)19-7-6-16-4-2-12-23-16)21-10-8-20(9-11-21)14-17-5-3-13-24-17/h2-5,12-13,15H,6-11,14H2,1H3,(H,19,22)/p+2/t15-/m1/s1. The second-order valence-electron chi connectivity index (χ2n) is 6.51. The molecule has 4 nitrogen and oxygen atoms in total. The van der Waals surface area contributed by atoms with Crippen molar-refractivity contribution in [3.05, 3.63) is 44.8 Å². The van der Waals surface area contributed by atoms with Crippen molar-refractivity contribution >= 4 is 28.6 Å². The van der Waals surface area contributed by atoms with Gasteiger partial charge >= 0.3 is 0 Å². The van der Waals surface area contributed by atoms with Gasteiger partial charge in [-0.1, -0.05) is 12.1 Å². The Morgan fingerprint density at radius 2 is 1.79 bits per heavy atom. The van der Waals surface area contributed by atoms with Crippen LogP contribution in [0.3, 0.4) is 0 Å². The van der Waals surface area contributed by atoms with Crippen molar-refractivity contribution in [1.29, 1.82) is 0 Å². The fourth-order valence-electron chi connectivity index (χ4n) is 3.30. The summed E-state index contributed by atoms with van der Waals surface area (Å²) >= 11 is 3.60. The molecule has 0 aromatic carbocycles. The summed E-state index contributed by atoms with van der Waals surface area (Å²) in [6, 6.07) is 8.59. The molecule has 1 fully saturated rings. The van der Waals surface area contributed by atoms with E-state index in [4.69, 9.17) is 0 Å². The number of nitrogens with one attached hydrogen (secondary N) is 3. The van der Waals surface area contributed by atoms with E-state index in [9.17, 15) is 4.79 Å². The van der Waals surface area contributed by atoms with E-state index in [1.807, 2.05) is 11.3 Å². The van der Waals surface area contributed by atoms with Gasteiger partial charge in [-0.2, -0.15) is 0 Å². The Morgan fingerprint density at radius 3 is 2.42 bits per heavy atom. The molecule has 1 amide bonds. The van der Waals surface area contributed by atoms with Gasteiger partial charge in [-0.05, 0) is 36.2 Å². The van der Waals surface area contributed by atoms with Gasteiger partial charge in [0, 0.05) is 11.4 Å². The number of piperazine rings is 1. The third kappa shape index (κ3) is 4.89. The van der Waals surface area contributed by atoms with E-state index in [0.717, 1.165) is 45.7 Å². The van der Waals surface area contributed by atoms with Crippen LogP contribution in [-0.4, -0.2) is 44.7 Å². The molecular weight excluding hydrogens is 338 g/mol. The number of thiophene rings is 2. The lowest BCUT2D eigenvalue weighted by Crippen LogP contribution is -3.29. The van der Waals surface area contributed by atoms with Crippen LogP contribution in [0, 0.1) is 0 Å². The van der Waals surface area contributed by atoms with Gasteiger partial charge in [-0.15, -0.1) is 22.7 Å². The molecule has 0 unspecified atom stereocenters. The Bertz CT molecular complexity index is 604. The van der Waals surface area contributed by atoms with Crippen molar-refractivity contribution in [2.45, 2.75) is 25.9 Å². The van der Waals surface area contributed by atoms with Crippen molar-refractivity contribution in [2.75, 3.05) is 32.7 Å². The fourth-order valence-corrected chi connectivity index (χ4v) is 4.78. The van der Waals surface area contributed by atoms with Gasteiger partial charge in [0.05, 0.1) is 4.88 Å². The largest absolute Gasteiger partial charge is 0.351 e. The average Bonchev–Trinajstić information content (AvgIpc) is 3.29. The number of rotatable bonds is 7. The summed E-state index contributed by atoms with van der Waals surface area (Å²) in [7, 11) is 0. The van der Waals surface area contributed by atoms with E-state index in [1.165, 1.54) is 14.7 Å². The second-order valence-corrected chi connectivity index (χ2v) is 8.57. The summed E-state index contributed by atoms with van der Waals surface area (Å²) in [5, 5.41) is 7.34. The van der Waals surface area contributed by atoms with Crippen molar-refractivity contribution in [1.82, 2.24) is 5.32 Å². The normalized spacial score (nSPS) is 22.2. The second kappa shape index (κ2) is 8.76. The summed E-state index contributed by atoms with van der Waals surface area (Å²) in [6.07, 6.45) is 0.935. The molecule has 1 aliphatic rings. The van der Waals surface area contributed by atoms with Crippen molar-refractivity contribution in [3.63, 3.8) is 0 Å². The molecule has 1 aliphatic heterocycles. The zero-order valence-electron chi connectivity index (χ0n) is 14.2. The monoisotopic (exact) mass is 365 g/mol. The molecule has 3 N–H and O–H groups in total. The Kier molecular flexibility index (Phi) is 6.43. The highest BCUT2D eigenvalue weighted by Gasteiger charge is 2.30. The Hall–Kier alpha value is -1.21. The average molecular weight is 366 g/mol. The van der Waals surface area contributed by atoms with Crippen LogP contribution in [0.25, 0.3) is 0 Å². The zero-order chi connectivity index (χ0) is 16.8. The van der Waals surface area contributed by atoms with Gasteiger partial charge in [0.15, 0.2) is 6.04 Å². The first-order chi connectivity index (χ1) is 11.7. The van der Waals surface area contributed by atoms with Crippen LogP contribution in [0.1, 0.15) is 16.7 Å². The molecule has 0 radical (unpaired) electrons. The third-order valence-corrected chi connectivity index (χ3v) is 6.67. The highest BCUT2D eigenvalue weighted by molar-refractivity contribution is 7.10. The first-order valence-corrected chi connectivity index (χ1v) is 10.5. The molecule has 24 heavy (non-hydrogen) atoms. The SMILES string of the molecule is C[C@H](C(=O)NCCc1cccs1)[NH+]1CC[NH+](Cc2cccs2)CC1. The van der Waals surface area contributed by atoms with Gasteiger partial charge in [0.2, 0.25) is 0 Å². The smallest absolute Gasteiger partial charge is 0.278 e. The maximum absolute atomic E-state index is 12.4. The Labute approximate surface area is 152 Å². The van der Waals surface area contributed by atoms with Crippen LogP contribution in [-0.2, 0) is 17.8 Å². The van der Waals surface area contributed by atoms with Crippen LogP contribution in [0.5, 0.6) is 0 Å². The minimum absolute atomic E-state index is 0.0524. The van der Waals surface area contributed by atoms with E-state index in [0.29, 0.717) is 0 Å². The third-order valence-electron chi connectivity index (χ3n) is 4.86. The maximum atomic E-state index is 12.4. The molecule has 6 heteroatoms. The predicted molar refractivity (Wildman–Crippen MR) is 99.9 cm³/mol. The summed E-state index contributed by atoms with van der Waals surface area (Å²) in [5.41, 5.74) is 0. The van der Waals surface area contributed by atoms with Crippen LogP contribution < -0.4 is 15.1 Å². The summed E-state index contributed by atoms with van der Waals surface area (Å²) < 4.78 is 0. The lowest BCUT2D eigenvalue weighted by Gasteiger charge is -2.32. The van der Waals surface area contributed by atoms with Crippen molar-refractivity contribution in [2.24, 2.45) is 0 Å². The maximum Gasteiger partial charge on any atom is 0.278 e. The highest BCUT2D eigenvalue weighted by atomic mass is 32.1. The summed E-state index contributed by atoms with van der Waals surface area (Å²) in [6.45, 7) is 8.42. The molecule has 3 rings (SSSR count). The van der Waals surface area contributed by atoms with E-state index in [-0.39, 0.29) is 11.9 Å². The number of quaternary nitrogens is 2. The number of amides is 1. The lowest BCUT2D eigenvalue weighted by molar-refractivity contribution is -1.02. The molecule has 0 saturated carbocycles. The van der Waals surface area contributed by atoms with Crippen LogP contribution in [0.15, 0.2) is 35.0 Å². The zero-order valence-corrected chi connectivity index (χ0v) is 15.8. The van der Waals surface area contributed by atoms with E-state index in [2.05, 4.69) is 47.3 Å². The van der Waals surface area contributed by atoms with Crippen LogP contribution in [0.4, 0.5) is 0 Å². The Morgan fingerprint density at radius 1 is 1.12 bits per heavy atom. The van der Waals surface area contributed by atoms with E-state index < -0.39 is 0 Å². The number of carbonyl (C=O) groups excluding carboxylic acids is 1. The van der Waals surface area contributed by atoms with Gasteiger partial charge in [-0.25, -0.2) is 0 Å². The van der Waals surface area contributed by atoms with Gasteiger partial charge in [0.1, 0.15) is 32.7 Å². The van der Waals surface area contributed by atoms with Crippen molar-refractivity contribution < 1.29 is 14.6 Å². The van der Waals surface area contributed by atoms with Crippen LogP contribution in [0.2, 0.25) is 0 Å². The molecule has 2 aromatic heterocycles. The topological polar surface area (TPSA) is 38.0 Å². The molecule has 1 atom stereocenters. The molecule has 3 heterocycles. The van der Waals surface area contributed by atoms with Crippen LogP contribution >= 0.6 is 22.7 Å². The quantitative estimate of drug-likeness (QED) is 0.627. The summed E-state index contributed by atoms with van der Waals surface area (Å²) in [4.78, 5) is 18.2. The van der Waals surface area contributed by atoms with Gasteiger partial charge in [0.25, 0.3) is 5.91 Å². The summed E-state index contributed by atoms with van der Waals surface area (Å²) in [5.74, 6) is 0.197. The minimum Gasteiger partial charge on any atom is -0.351 e. The number of hydrogen-bond donors (Lipinski definition) is 3. The van der Waals surface area contributed by atoms with Crippen molar-refractivity contribution in [3.8, 4) is 0 Å². The predicted octanol–water partition coefficient (Wildman–Crippen LogP) is -0.160. The first kappa shape index (κ1) is 17.6. The highest BCUT2D eigenvalue weighted by Crippen LogP contribution is 2.08. The fraction of sp³-hybridized carbons (Fsp3) is 0.500.